The molecule has 0 aliphatic rings. The van der Waals surface area contributed by atoms with Crippen molar-refractivity contribution in [2.75, 3.05) is 0 Å². The summed E-state index contributed by atoms with van der Waals surface area (Å²) in [6, 6.07) is 8.89. The Labute approximate surface area is 120 Å². The summed E-state index contributed by atoms with van der Waals surface area (Å²) in [5.74, 6) is -0.794. The molecule has 0 radical (unpaired) electrons. The van der Waals surface area contributed by atoms with Crippen molar-refractivity contribution < 1.29 is 19.0 Å². The fourth-order valence-corrected chi connectivity index (χ4v) is 1.90. The van der Waals surface area contributed by atoms with Gasteiger partial charge in [-0.25, -0.2) is 9.18 Å². The van der Waals surface area contributed by atoms with E-state index in [1.807, 2.05) is 0 Å². The monoisotopic (exact) mass is 294 g/mol. The van der Waals surface area contributed by atoms with Crippen LogP contribution in [0.25, 0.3) is 0 Å². The Balaban J connectivity index is 2.10. The van der Waals surface area contributed by atoms with Crippen molar-refractivity contribution >= 4 is 17.6 Å². The highest BCUT2D eigenvalue weighted by molar-refractivity contribution is 6.31. The van der Waals surface area contributed by atoms with E-state index >= 15 is 0 Å². The molecule has 0 aromatic heterocycles. The van der Waals surface area contributed by atoms with E-state index in [4.69, 9.17) is 21.4 Å². The van der Waals surface area contributed by atoms with Gasteiger partial charge in [-0.3, -0.25) is 0 Å². The molecular formula is C15H12ClFO3. The van der Waals surface area contributed by atoms with E-state index in [0.29, 0.717) is 21.9 Å². The number of hydrogen-bond acceptors (Lipinski definition) is 2. The quantitative estimate of drug-likeness (QED) is 0.925. The largest absolute Gasteiger partial charge is 0.489 e. The third-order valence-corrected chi connectivity index (χ3v) is 3.18. The molecule has 5 heteroatoms. The maximum Gasteiger partial charge on any atom is 0.335 e. The molecule has 104 valence electrons. The van der Waals surface area contributed by atoms with E-state index in [2.05, 4.69) is 0 Å². The Morgan fingerprint density at radius 3 is 2.65 bits per heavy atom. The third kappa shape index (κ3) is 3.27. The van der Waals surface area contributed by atoms with Gasteiger partial charge in [0.05, 0.1) is 5.56 Å². The number of carboxylic acid groups (broad SMARTS) is 1. The third-order valence-electron chi connectivity index (χ3n) is 2.82. The highest BCUT2D eigenvalue weighted by Crippen LogP contribution is 2.22. The molecule has 0 saturated carbocycles. The molecule has 0 amide bonds. The average Bonchev–Trinajstić information content (AvgIpc) is 2.41. The molecule has 0 bridgehead atoms. The van der Waals surface area contributed by atoms with Crippen LogP contribution in [0.3, 0.4) is 0 Å². The lowest BCUT2D eigenvalue weighted by Gasteiger charge is -2.09. The van der Waals surface area contributed by atoms with Gasteiger partial charge in [-0.2, -0.15) is 0 Å². The summed E-state index contributed by atoms with van der Waals surface area (Å²) in [6.45, 7) is 1.83. The van der Waals surface area contributed by atoms with E-state index < -0.39 is 5.97 Å². The summed E-state index contributed by atoms with van der Waals surface area (Å²) < 4.78 is 18.6. The van der Waals surface area contributed by atoms with Gasteiger partial charge in [-0.05, 0) is 42.8 Å². The molecule has 0 atom stereocenters. The lowest BCUT2D eigenvalue weighted by molar-refractivity contribution is 0.0697. The number of hydrogen-bond donors (Lipinski definition) is 1. The van der Waals surface area contributed by atoms with Crippen LogP contribution >= 0.6 is 11.6 Å². The summed E-state index contributed by atoms with van der Waals surface area (Å²) in [4.78, 5) is 10.8. The molecule has 0 unspecified atom stereocenters. The van der Waals surface area contributed by atoms with Crippen LogP contribution in [0.4, 0.5) is 4.39 Å². The molecule has 0 aliphatic carbocycles. The zero-order valence-electron chi connectivity index (χ0n) is 10.7. The van der Waals surface area contributed by atoms with E-state index in [1.54, 1.807) is 19.1 Å². The molecule has 0 saturated heterocycles. The first-order chi connectivity index (χ1) is 9.47. The van der Waals surface area contributed by atoms with E-state index in [9.17, 15) is 9.18 Å². The molecule has 0 spiro atoms. The number of benzene rings is 2. The van der Waals surface area contributed by atoms with Crippen molar-refractivity contribution in [1.82, 2.24) is 0 Å². The van der Waals surface area contributed by atoms with Gasteiger partial charge < -0.3 is 9.84 Å². The fourth-order valence-electron chi connectivity index (χ4n) is 1.67. The Kier molecular flexibility index (Phi) is 4.25. The van der Waals surface area contributed by atoms with Crippen molar-refractivity contribution in [3.8, 4) is 5.75 Å². The predicted octanol–water partition coefficient (Wildman–Crippen LogP) is 4.06. The normalized spacial score (nSPS) is 10.3. The maximum absolute atomic E-state index is 13.1. The van der Waals surface area contributed by atoms with Crippen LogP contribution in [0, 0.1) is 12.7 Å². The van der Waals surface area contributed by atoms with Crippen LogP contribution in [0.2, 0.25) is 5.02 Å². The predicted molar refractivity (Wildman–Crippen MR) is 73.9 cm³/mol. The smallest absolute Gasteiger partial charge is 0.335 e. The van der Waals surface area contributed by atoms with Gasteiger partial charge in [0, 0.05) is 10.6 Å². The first-order valence-corrected chi connectivity index (χ1v) is 6.26. The van der Waals surface area contributed by atoms with Gasteiger partial charge in [0.2, 0.25) is 0 Å². The van der Waals surface area contributed by atoms with Gasteiger partial charge >= 0.3 is 5.97 Å². The van der Waals surface area contributed by atoms with Crippen LogP contribution in [0.5, 0.6) is 5.75 Å². The highest BCUT2D eigenvalue weighted by Gasteiger charge is 2.08. The maximum atomic E-state index is 13.1. The minimum absolute atomic E-state index is 0.122. The van der Waals surface area contributed by atoms with Crippen LogP contribution in [-0.4, -0.2) is 11.1 Å². The van der Waals surface area contributed by atoms with Gasteiger partial charge in [-0.15, -0.1) is 0 Å². The van der Waals surface area contributed by atoms with Crippen molar-refractivity contribution in [3.63, 3.8) is 0 Å². The summed E-state index contributed by atoms with van der Waals surface area (Å²) in [6.07, 6.45) is 0. The topological polar surface area (TPSA) is 46.5 Å². The fraction of sp³-hybridized carbons (Fsp3) is 0.133. The molecule has 3 nitrogen and oxygen atoms in total. The second-order valence-corrected chi connectivity index (χ2v) is 4.72. The Morgan fingerprint density at radius 2 is 2.05 bits per heavy atom. The van der Waals surface area contributed by atoms with Crippen LogP contribution in [-0.2, 0) is 6.61 Å². The Bertz CT molecular complexity index is 656. The van der Waals surface area contributed by atoms with E-state index in [-0.39, 0.29) is 18.0 Å². The lowest BCUT2D eigenvalue weighted by Crippen LogP contribution is -2.00. The minimum Gasteiger partial charge on any atom is -0.489 e. The molecule has 2 rings (SSSR count). The Morgan fingerprint density at radius 1 is 1.30 bits per heavy atom. The molecule has 2 aromatic carbocycles. The first-order valence-electron chi connectivity index (χ1n) is 5.88. The standard InChI is InChI=1S/C15H12ClFO3/c1-9-6-12(4-5-14(9)17)20-8-11-3-2-10(15(18)19)7-13(11)16/h2-7H,8H2,1H3,(H,18,19). The van der Waals surface area contributed by atoms with Crippen molar-refractivity contribution in [3.05, 3.63) is 63.9 Å². The van der Waals surface area contributed by atoms with Crippen LogP contribution in [0.1, 0.15) is 21.5 Å². The summed E-state index contributed by atoms with van der Waals surface area (Å²) >= 11 is 5.99. The number of aryl methyl sites for hydroxylation is 1. The molecule has 1 N–H and O–H groups in total. The number of aromatic carboxylic acids is 1. The zero-order chi connectivity index (χ0) is 14.7. The molecule has 0 fully saturated rings. The SMILES string of the molecule is Cc1cc(OCc2ccc(C(=O)O)cc2Cl)ccc1F. The van der Waals surface area contributed by atoms with E-state index in [0.717, 1.165) is 0 Å². The van der Waals surface area contributed by atoms with Gasteiger partial charge in [0.1, 0.15) is 18.2 Å². The van der Waals surface area contributed by atoms with E-state index in [1.165, 1.54) is 24.3 Å². The number of carboxylic acids is 1. The molecule has 0 heterocycles. The molecule has 0 aliphatic heterocycles. The number of ether oxygens (including phenoxy) is 1. The van der Waals surface area contributed by atoms with Gasteiger partial charge in [0.25, 0.3) is 0 Å². The highest BCUT2D eigenvalue weighted by atomic mass is 35.5. The summed E-state index contributed by atoms with van der Waals surface area (Å²) in [5, 5.41) is 9.16. The zero-order valence-corrected chi connectivity index (χ0v) is 11.4. The van der Waals surface area contributed by atoms with Gasteiger partial charge in [-0.1, -0.05) is 17.7 Å². The molecule has 2 aromatic rings. The number of halogens is 2. The molecule has 20 heavy (non-hydrogen) atoms. The first kappa shape index (κ1) is 14.3. The number of rotatable bonds is 4. The summed E-state index contributed by atoms with van der Waals surface area (Å²) in [7, 11) is 0. The second-order valence-electron chi connectivity index (χ2n) is 4.31. The van der Waals surface area contributed by atoms with Gasteiger partial charge in [0.15, 0.2) is 0 Å². The van der Waals surface area contributed by atoms with Crippen molar-refractivity contribution in [2.24, 2.45) is 0 Å². The van der Waals surface area contributed by atoms with Crippen LogP contribution < -0.4 is 4.74 Å². The number of carbonyl (C=O) groups is 1. The van der Waals surface area contributed by atoms with Crippen LogP contribution in [0.15, 0.2) is 36.4 Å². The average molecular weight is 295 g/mol. The summed E-state index contributed by atoms with van der Waals surface area (Å²) in [5.41, 5.74) is 1.28. The Hall–Kier alpha value is -2.07. The lowest BCUT2D eigenvalue weighted by atomic mass is 10.1. The second kappa shape index (κ2) is 5.92. The molecular weight excluding hydrogens is 283 g/mol. The van der Waals surface area contributed by atoms with Crippen molar-refractivity contribution in [1.29, 1.82) is 0 Å². The minimum atomic E-state index is -1.03. The van der Waals surface area contributed by atoms with Crippen molar-refractivity contribution in [2.45, 2.75) is 13.5 Å².